The van der Waals surface area contributed by atoms with Gasteiger partial charge in [0.05, 0.1) is 22.9 Å². The van der Waals surface area contributed by atoms with Crippen molar-refractivity contribution >= 4 is 28.8 Å². The zero-order valence-corrected chi connectivity index (χ0v) is 14.4. The number of aromatic hydroxyl groups is 1. The van der Waals surface area contributed by atoms with Crippen LogP contribution < -0.4 is 5.43 Å². The summed E-state index contributed by atoms with van der Waals surface area (Å²) in [5.74, 6) is 1.27. The number of aliphatic imine (C=N–C) groups is 1. The zero-order valence-electron chi connectivity index (χ0n) is 14.4. The first-order chi connectivity index (χ1) is 13.3. The van der Waals surface area contributed by atoms with Crippen LogP contribution in [0.25, 0.3) is 11.0 Å². The molecule has 4 rings (SSSR count). The summed E-state index contributed by atoms with van der Waals surface area (Å²) in [7, 11) is 0. The van der Waals surface area contributed by atoms with Crippen LogP contribution in [-0.4, -0.2) is 27.1 Å². The quantitative estimate of drug-likeness (QED) is 0.294. The fourth-order valence-electron chi connectivity index (χ4n) is 2.60. The number of fused-ring (bicyclic) bond motifs is 1. The molecule has 0 saturated heterocycles. The summed E-state index contributed by atoms with van der Waals surface area (Å²) >= 11 is 0. The van der Waals surface area contributed by atoms with E-state index in [4.69, 9.17) is 0 Å². The smallest absolute Gasteiger partial charge is 0.190 e. The molecule has 0 aliphatic rings. The maximum Gasteiger partial charge on any atom is 0.190 e. The van der Waals surface area contributed by atoms with Gasteiger partial charge in [-0.3, -0.25) is 5.43 Å². The number of benzene rings is 3. The van der Waals surface area contributed by atoms with Gasteiger partial charge in [-0.1, -0.05) is 42.5 Å². The molecule has 0 bridgehead atoms. The molecule has 6 heteroatoms. The van der Waals surface area contributed by atoms with Crippen molar-refractivity contribution in [2.24, 2.45) is 10.1 Å². The molecule has 0 spiro atoms. The average molecular weight is 355 g/mol. The molecule has 3 N–H and O–H groups in total. The number of hydrogen-bond acceptors (Lipinski definition) is 4. The van der Waals surface area contributed by atoms with Crippen molar-refractivity contribution in [2.75, 3.05) is 0 Å². The Morgan fingerprint density at radius 3 is 2.59 bits per heavy atom. The van der Waals surface area contributed by atoms with Crippen molar-refractivity contribution in [3.05, 3.63) is 90.3 Å². The van der Waals surface area contributed by atoms with Gasteiger partial charge >= 0.3 is 0 Å². The highest BCUT2D eigenvalue weighted by molar-refractivity contribution is 6.00. The minimum Gasteiger partial charge on any atom is -0.508 e. The lowest BCUT2D eigenvalue weighted by Crippen LogP contribution is -2.20. The first-order valence-electron chi connectivity index (χ1n) is 8.45. The number of hydrogen-bond donors (Lipinski definition) is 3. The molecule has 1 aromatic heterocycles. The molecule has 0 unspecified atom stereocenters. The van der Waals surface area contributed by atoms with Gasteiger partial charge in [0, 0.05) is 0 Å². The second-order valence-electron chi connectivity index (χ2n) is 5.86. The van der Waals surface area contributed by atoms with Gasteiger partial charge < -0.3 is 10.1 Å². The summed E-state index contributed by atoms with van der Waals surface area (Å²) in [5.41, 5.74) is 6.29. The second-order valence-corrected chi connectivity index (χ2v) is 5.86. The van der Waals surface area contributed by atoms with E-state index in [1.54, 1.807) is 24.4 Å². The molecule has 1 heterocycles. The Bertz CT molecular complexity index is 1080. The van der Waals surface area contributed by atoms with Gasteiger partial charge in [0.25, 0.3) is 0 Å². The summed E-state index contributed by atoms with van der Waals surface area (Å²) < 4.78 is 0. The van der Waals surface area contributed by atoms with E-state index in [1.165, 1.54) is 0 Å². The van der Waals surface area contributed by atoms with Gasteiger partial charge in [-0.25, -0.2) is 9.98 Å². The molecule has 4 aromatic rings. The van der Waals surface area contributed by atoms with Gasteiger partial charge in [-0.15, -0.1) is 0 Å². The molecule has 0 atom stereocenters. The Hall–Kier alpha value is -3.93. The fourth-order valence-corrected chi connectivity index (χ4v) is 2.60. The van der Waals surface area contributed by atoms with Crippen molar-refractivity contribution in [3.8, 4) is 5.75 Å². The van der Waals surface area contributed by atoms with E-state index >= 15 is 0 Å². The number of hydrazone groups is 1. The monoisotopic (exact) mass is 355 g/mol. The van der Waals surface area contributed by atoms with E-state index in [0.717, 1.165) is 22.3 Å². The average Bonchev–Trinajstić information content (AvgIpc) is 3.12. The van der Waals surface area contributed by atoms with Gasteiger partial charge in [-0.05, 0) is 42.0 Å². The van der Waals surface area contributed by atoms with E-state index in [2.05, 4.69) is 25.5 Å². The van der Waals surface area contributed by atoms with Crippen LogP contribution in [0.5, 0.6) is 5.75 Å². The third kappa shape index (κ3) is 4.01. The Morgan fingerprint density at radius 1 is 0.963 bits per heavy atom. The van der Waals surface area contributed by atoms with Crippen LogP contribution in [0.2, 0.25) is 0 Å². The number of phenolic OH excluding ortho intramolecular Hbond substituents is 1. The highest BCUT2D eigenvalue weighted by atomic mass is 16.3. The predicted octanol–water partition coefficient (Wildman–Crippen LogP) is 3.97. The number of para-hydroxylation sites is 3. The van der Waals surface area contributed by atoms with Gasteiger partial charge in [0.1, 0.15) is 5.75 Å². The molecule has 132 valence electrons. The van der Waals surface area contributed by atoms with Crippen molar-refractivity contribution in [3.63, 3.8) is 0 Å². The predicted molar refractivity (Wildman–Crippen MR) is 108 cm³/mol. The van der Waals surface area contributed by atoms with Crippen LogP contribution >= 0.6 is 0 Å². The Labute approximate surface area is 155 Å². The highest BCUT2D eigenvalue weighted by Crippen LogP contribution is 2.15. The molecule has 6 nitrogen and oxygen atoms in total. The normalized spacial score (nSPS) is 11.9. The first-order valence-corrected chi connectivity index (χ1v) is 8.45. The Morgan fingerprint density at radius 2 is 1.78 bits per heavy atom. The van der Waals surface area contributed by atoms with E-state index in [1.807, 2.05) is 60.7 Å². The first kappa shape index (κ1) is 16.5. The summed E-state index contributed by atoms with van der Waals surface area (Å²) in [6.45, 7) is 0. The molecule has 27 heavy (non-hydrogen) atoms. The van der Waals surface area contributed by atoms with Crippen LogP contribution in [0.15, 0.2) is 89.0 Å². The Kier molecular flexibility index (Phi) is 4.61. The number of nitrogens with zero attached hydrogens (tertiary/aromatic N) is 3. The van der Waals surface area contributed by atoms with Crippen molar-refractivity contribution in [2.45, 2.75) is 0 Å². The summed E-state index contributed by atoms with van der Waals surface area (Å²) in [5, 5.41) is 13.8. The molecular weight excluding hydrogens is 338 g/mol. The molecule has 0 saturated carbocycles. The number of H-pyrrole nitrogens is 1. The standard InChI is InChI=1S/C21H17N5O/c27-17-10-6-7-15(13-17)14-22-26-21(23-16-8-2-1-3-9-16)20-24-18-11-4-5-12-19(18)25-20/h1-14,27H,(H,23,26)(H,24,25)/b22-14+. The van der Waals surface area contributed by atoms with Gasteiger partial charge in [0.2, 0.25) is 0 Å². The molecule has 0 amide bonds. The number of phenols is 1. The lowest BCUT2D eigenvalue weighted by Gasteiger charge is -2.03. The van der Waals surface area contributed by atoms with Crippen molar-refractivity contribution in [1.82, 2.24) is 15.4 Å². The maximum atomic E-state index is 9.55. The number of amidine groups is 1. The van der Waals surface area contributed by atoms with Crippen LogP contribution in [0.4, 0.5) is 5.69 Å². The molecule has 0 aliphatic carbocycles. The second kappa shape index (κ2) is 7.53. The summed E-state index contributed by atoms with van der Waals surface area (Å²) in [4.78, 5) is 12.5. The largest absolute Gasteiger partial charge is 0.508 e. The molecule has 0 aliphatic heterocycles. The number of aromatic nitrogens is 2. The molecule has 0 fully saturated rings. The van der Waals surface area contributed by atoms with E-state index < -0.39 is 0 Å². The maximum absolute atomic E-state index is 9.55. The highest BCUT2D eigenvalue weighted by Gasteiger charge is 2.09. The number of nitrogens with one attached hydrogen (secondary N) is 2. The minimum absolute atomic E-state index is 0.189. The summed E-state index contributed by atoms with van der Waals surface area (Å²) in [6, 6.07) is 24.2. The lowest BCUT2D eigenvalue weighted by molar-refractivity contribution is 0.475. The van der Waals surface area contributed by atoms with Crippen LogP contribution in [0, 0.1) is 0 Å². The summed E-state index contributed by atoms with van der Waals surface area (Å²) in [6.07, 6.45) is 1.61. The molecular formula is C21H17N5O. The fraction of sp³-hybridized carbons (Fsp3) is 0. The number of imidazole rings is 1. The number of rotatable bonds is 4. The third-order valence-electron chi connectivity index (χ3n) is 3.87. The Balaban J connectivity index is 1.66. The van der Waals surface area contributed by atoms with Crippen molar-refractivity contribution in [1.29, 1.82) is 0 Å². The van der Waals surface area contributed by atoms with Crippen molar-refractivity contribution < 1.29 is 5.11 Å². The zero-order chi connectivity index (χ0) is 18.5. The van der Waals surface area contributed by atoms with Crippen LogP contribution in [-0.2, 0) is 0 Å². The SMILES string of the molecule is Oc1cccc(/C=N/NC(=Nc2ccccc2)c2nc3ccccc3[nH]2)c1. The van der Waals surface area contributed by atoms with E-state index in [0.29, 0.717) is 11.7 Å². The van der Waals surface area contributed by atoms with Gasteiger partial charge in [-0.2, -0.15) is 5.10 Å². The molecule has 3 aromatic carbocycles. The van der Waals surface area contributed by atoms with Crippen LogP contribution in [0.3, 0.4) is 0 Å². The van der Waals surface area contributed by atoms with E-state index in [-0.39, 0.29) is 5.75 Å². The lowest BCUT2D eigenvalue weighted by atomic mass is 10.2. The van der Waals surface area contributed by atoms with E-state index in [9.17, 15) is 5.11 Å². The topological polar surface area (TPSA) is 85.7 Å². The minimum atomic E-state index is 0.189. The number of aromatic amines is 1. The van der Waals surface area contributed by atoms with Crippen LogP contribution in [0.1, 0.15) is 11.4 Å². The molecule has 0 radical (unpaired) electrons. The van der Waals surface area contributed by atoms with Gasteiger partial charge in [0.15, 0.2) is 11.7 Å². The third-order valence-corrected chi connectivity index (χ3v) is 3.87.